The summed E-state index contributed by atoms with van der Waals surface area (Å²) in [5.74, 6) is -0.104. The first kappa shape index (κ1) is 15.1. The number of hydrogen-bond acceptors (Lipinski definition) is 4. The molecule has 0 saturated carbocycles. The van der Waals surface area contributed by atoms with Crippen LogP contribution >= 0.6 is 0 Å². The van der Waals surface area contributed by atoms with Gasteiger partial charge in [0.1, 0.15) is 11.4 Å². The van der Waals surface area contributed by atoms with Gasteiger partial charge >= 0.3 is 5.97 Å². The van der Waals surface area contributed by atoms with Crippen LogP contribution in [0, 0.1) is 0 Å². The molecule has 0 amide bonds. The van der Waals surface area contributed by atoms with Crippen LogP contribution in [0.3, 0.4) is 0 Å². The Hall–Kier alpha value is -2.27. The van der Waals surface area contributed by atoms with E-state index in [-0.39, 0.29) is 17.8 Å². The highest BCUT2D eigenvalue weighted by atomic mass is 16.5. The zero-order valence-corrected chi connectivity index (χ0v) is 12.5. The Labute approximate surface area is 124 Å². The molecular formula is C16H20N2O3. The Bertz CT molecular complexity index is 621. The molecule has 0 spiro atoms. The number of aromatic hydroxyl groups is 1. The highest BCUT2D eigenvalue weighted by molar-refractivity contribution is 5.87. The smallest absolute Gasteiger partial charge is 0.354 e. The van der Waals surface area contributed by atoms with Crippen LogP contribution in [0.15, 0.2) is 36.5 Å². The summed E-state index contributed by atoms with van der Waals surface area (Å²) in [7, 11) is 3.36. The van der Waals surface area contributed by atoms with E-state index in [4.69, 9.17) is 0 Å². The predicted octanol–water partition coefficient (Wildman–Crippen LogP) is 2.70. The van der Waals surface area contributed by atoms with Crippen molar-refractivity contribution in [3.05, 3.63) is 53.3 Å². The summed E-state index contributed by atoms with van der Waals surface area (Å²) in [5, 5.41) is 9.55. The summed E-state index contributed by atoms with van der Waals surface area (Å²) in [4.78, 5) is 16.5. The van der Waals surface area contributed by atoms with Crippen molar-refractivity contribution in [1.82, 2.24) is 9.88 Å². The fourth-order valence-corrected chi connectivity index (χ4v) is 2.22. The van der Waals surface area contributed by atoms with E-state index in [2.05, 4.69) is 21.5 Å². The fourth-order valence-electron chi connectivity index (χ4n) is 2.22. The van der Waals surface area contributed by atoms with Crippen LogP contribution in [-0.2, 0) is 11.3 Å². The number of aromatic amines is 1. The number of nitrogens with one attached hydrogen (secondary N) is 1. The van der Waals surface area contributed by atoms with Crippen molar-refractivity contribution >= 4 is 5.97 Å². The van der Waals surface area contributed by atoms with Gasteiger partial charge < -0.3 is 14.8 Å². The van der Waals surface area contributed by atoms with Crippen molar-refractivity contribution < 1.29 is 14.6 Å². The van der Waals surface area contributed by atoms with Gasteiger partial charge in [0.15, 0.2) is 0 Å². The third kappa shape index (κ3) is 3.64. The number of nitrogens with zero attached hydrogens (tertiary/aromatic N) is 1. The summed E-state index contributed by atoms with van der Waals surface area (Å²) in [6, 6.07) is 9.17. The fraction of sp³-hybridized carbons (Fsp3) is 0.312. The molecule has 1 aromatic carbocycles. The summed E-state index contributed by atoms with van der Waals surface area (Å²) in [6.07, 6.45) is 1.80. The third-order valence-electron chi connectivity index (χ3n) is 3.59. The number of phenolic OH excluding ortho intramolecular Hbond substituents is 1. The Morgan fingerprint density at radius 2 is 2.19 bits per heavy atom. The van der Waals surface area contributed by atoms with Crippen LogP contribution in [0.1, 0.15) is 34.6 Å². The van der Waals surface area contributed by atoms with E-state index in [1.165, 1.54) is 7.11 Å². The molecule has 1 unspecified atom stereocenters. The maximum atomic E-state index is 11.4. The number of methoxy groups -OCH3 is 1. The molecule has 0 fully saturated rings. The number of aromatic nitrogens is 1. The topological polar surface area (TPSA) is 65.6 Å². The minimum absolute atomic E-state index is 0.147. The standard InChI is InChI=1S/C16H20N2O3/c1-11(13-5-4-6-14(19)8-13)18(2)10-12-7-15(17-9-12)16(20)21-3/h4-9,11,17,19H,10H2,1-3H3. The number of benzene rings is 1. The van der Waals surface area contributed by atoms with Gasteiger partial charge in [-0.1, -0.05) is 12.1 Å². The van der Waals surface area contributed by atoms with Gasteiger partial charge in [-0.15, -0.1) is 0 Å². The molecule has 1 aromatic heterocycles. The van der Waals surface area contributed by atoms with E-state index >= 15 is 0 Å². The maximum absolute atomic E-state index is 11.4. The summed E-state index contributed by atoms with van der Waals surface area (Å²) >= 11 is 0. The highest BCUT2D eigenvalue weighted by Gasteiger charge is 2.14. The molecule has 112 valence electrons. The highest BCUT2D eigenvalue weighted by Crippen LogP contribution is 2.23. The first-order valence-corrected chi connectivity index (χ1v) is 6.76. The van der Waals surface area contributed by atoms with Crippen molar-refractivity contribution in [3.8, 4) is 5.75 Å². The number of carbonyl (C=O) groups is 1. The second-order valence-corrected chi connectivity index (χ2v) is 5.10. The van der Waals surface area contributed by atoms with Gasteiger partial charge in [0.25, 0.3) is 0 Å². The zero-order chi connectivity index (χ0) is 15.4. The minimum atomic E-state index is -0.370. The van der Waals surface area contributed by atoms with E-state index in [0.717, 1.165) is 11.1 Å². The summed E-state index contributed by atoms with van der Waals surface area (Å²) < 4.78 is 4.67. The molecular weight excluding hydrogens is 268 g/mol. The second kappa shape index (κ2) is 6.45. The lowest BCUT2D eigenvalue weighted by atomic mass is 10.1. The maximum Gasteiger partial charge on any atom is 0.354 e. The van der Waals surface area contributed by atoms with Crippen LogP contribution in [0.5, 0.6) is 5.75 Å². The molecule has 0 bridgehead atoms. The van der Waals surface area contributed by atoms with E-state index < -0.39 is 0 Å². The molecule has 21 heavy (non-hydrogen) atoms. The Morgan fingerprint density at radius 1 is 1.43 bits per heavy atom. The van der Waals surface area contributed by atoms with Gasteiger partial charge in [-0.05, 0) is 43.3 Å². The number of rotatable bonds is 5. The third-order valence-corrected chi connectivity index (χ3v) is 3.59. The molecule has 0 radical (unpaired) electrons. The molecule has 0 aliphatic carbocycles. The first-order valence-electron chi connectivity index (χ1n) is 6.76. The van der Waals surface area contributed by atoms with Crippen LogP contribution in [0.2, 0.25) is 0 Å². The number of phenols is 1. The largest absolute Gasteiger partial charge is 0.508 e. The molecule has 2 N–H and O–H groups in total. The molecule has 0 saturated heterocycles. The number of ether oxygens (including phenoxy) is 1. The van der Waals surface area contributed by atoms with Crippen molar-refractivity contribution in [2.24, 2.45) is 0 Å². The number of carbonyl (C=O) groups excluding carboxylic acids is 1. The van der Waals surface area contributed by atoms with Gasteiger partial charge in [0.05, 0.1) is 7.11 Å². The summed E-state index contributed by atoms with van der Waals surface area (Å²) in [5.41, 5.74) is 2.50. The number of H-pyrrole nitrogens is 1. The molecule has 0 aliphatic rings. The SMILES string of the molecule is COC(=O)c1cc(CN(C)C(C)c2cccc(O)c2)c[nH]1. The Kier molecular flexibility index (Phi) is 4.65. The van der Waals surface area contributed by atoms with E-state index in [1.54, 1.807) is 24.4 Å². The van der Waals surface area contributed by atoms with E-state index in [9.17, 15) is 9.90 Å². The monoisotopic (exact) mass is 288 g/mol. The minimum Gasteiger partial charge on any atom is -0.508 e. The van der Waals surface area contributed by atoms with Crippen LogP contribution in [0.25, 0.3) is 0 Å². The Balaban J connectivity index is 2.05. The Morgan fingerprint density at radius 3 is 2.86 bits per heavy atom. The van der Waals surface area contributed by atoms with Crippen molar-refractivity contribution in [3.63, 3.8) is 0 Å². The molecule has 2 aromatic rings. The zero-order valence-electron chi connectivity index (χ0n) is 12.5. The molecule has 5 nitrogen and oxygen atoms in total. The lowest BCUT2D eigenvalue weighted by molar-refractivity contribution is 0.0594. The van der Waals surface area contributed by atoms with Crippen LogP contribution in [-0.4, -0.2) is 35.1 Å². The lowest BCUT2D eigenvalue weighted by Gasteiger charge is -2.24. The average molecular weight is 288 g/mol. The average Bonchev–Trinajstić information content (AvgIpc) is 2.94. The van der Waals surface area contributed by atoms with E-state index in [1.807, 2.05) is 19.2 Å². The van der Waals surface area contributed by atoms with Gasteiger partial charge in [0, 0.05) is 18.8 Å². The van der Waals surface area contributed by atoms with Gasteiger partial charge in [0.2, 0.25) is 0 Å². The first-order chi connectivity index (χ1) is 10.0. The van der Waals surface area contributed by atoms with Gasteiger partial charge in [-0.3, -0.25) is 4.90 Å². The van der Waals surface area contributed by atoms with E-state index in [0.29, 0.717) is 12.2 Å². The van der Waals surface area contributed by atoms with Gasteiger partial charge in [-0.2, -0.15) is 0 Å². The molecule has 5 heteroatoms. The molecule has 0 aliphatic heterocycles. The van der Waals surface area contributed by atoms with Crippen LogP contribution in [0.4, 0.5) is 0 Å². The number of hydrogen-bond donors (Lipinski definition) is 2. The molecule has 2 rings (SSSR count). The number of esters is 1. The predicted molar refractivity (Wildman–Crippen MR) is 80.1 cm³/mol. The second-order valence-electron chi connectivity index (χ2n) is 5.10. The van der Waals surface area contributed by atoms with Crippen molar-refractivity contribution in [1.29, 1.82) is 0 Å². The lowest BCUT2D eigenvalue weighted by Crippen LogP contribution is -2.21. The molecule has 1 heterocycles. The normalized spacial score (nSPS) is 12.4. The van der Waals surface area contributed by atoms with Crippen molar-refractivity contribution in [2.45, 2.75) is 19.5 Å². The van der Waals surface area contributed by atoms with Crippen molar-refractivity contribution in [2.75, 3.05) is 14.2 Å². The summed E-state index contributed by atoms with van der Waals surface area (Å²) in [6.45, 7) is 2.76. The van der Waals surface area contributed by atoms with Crippen LogP contribution < -0.4 is 0 Å². The molecule has 1 atom stereocenters. The quantitative estimate of drug-likeness (QED) is 0.830. The van der Waals surface area contributed by atoms with Gasteiger partial charge in [-0.25, -0.2) is 4.79 Å².